The van der Waals surface area contributed by atoms with Gasteiger partial charge in [0, 0.05) is 118 Å². The van der Waals surface area contributed by atoms with Crippen LogP contribution < -0.4 is 11.5 Å². The van der Waals surface area contributed by atoms with E-state index in [1.54, 1.807) is 24.8 Å². The van der Waals surface area contributed by atoms with Crippen LogP contribution in [-0.2, 0) is 52.7 Å². The number of aromatic nitrogens is 9. The molecule has 1 atom stereocenters. The number of hydrogen-bond donors (Lipinski definition) is 2. The van der Waals surface area contributed by atoms with E-state index in [1.807, 2.05) is 54.9 Å². The van der Waals surface area contributed by atoms with Crippen molar-refractivity contribution in [3.8, 4) is 22.5 Å². The monoisotopic (exact) mass is 883 g/mol. The predicted molar refractivity (Wildman–Crippen MR) is 257 cm³/mol. The number of halogens is 1. The highest BCUT2D eigenvalue weighted by atomic mass is 35.5. The highest BCUT2D eigenvalue weighted by Crippen LogP contribution is 2.46. The van der Waals surface area contributed by atoms with Gasteiger partial charge in [-0.3, -0.25) is 24.3 Å². The van der Waals surface area contributed by atoms with Gasteiger partial charge in [0.1, 0.15) is 11.7 Å². The first-order chi connectivity index (χ1) is 31.6. The second-order valence-corrected chi connectivity index (χ2v) is 16.8. The van der Waals surface area contributed by atoms with Crippen LogP contribution in [0.1, 0.15) is 87.4 Å². The van der Waals surface area contributed by atoms with Crippen molar-refractivity contribution in [2.75, 3.05) is 6.54 Å². The van der Waals surface area contributed by atoms with Gasteiger partial charge in [-0.05, 0) is 66.6 Å². The Morgan fingerprint density at radius 2 is 1.45 bits per heavy atom. The summed E-state index contributed by atoms with van der Waals surface area (Å²) in [6.45, 7) is 5.30. The molecule has 0 spiro atoms. The molecule has 2 aliphatic carbocycles. The molecule has 328 valence electrons. The fraction of sp³-hybridized carbons (Fsp3) is 0.286. The number of amidine groups is 2. The number of rotatable bonds is 14. The molecule has 0 saturated heterocycles. The Kier molecular flexibility index (Phi) is 12.5. The first-order valence-electron chi connectivity index (χ1n) is 21.8. The lowest BCUT2D eigenvalue weighted by molar-refractivity contribution is 0.688. The maximum Gasteiger partial charge on any atom is 0.251 e. The van der Waals surface area contributed by atoms with Gasteiger partial charge < -0.3 is 11.5 Å². The number of nitrogens with zero attached hydrogens (tertiary/aromatic N) is 13. The standard InChI is InChI=1S/C49H50ClN15/c1-5-53-20-16-41(51)59-49-57-28-36-35(25-38-44(47(36)61-49)39(64(3)63-38)23-31-9-6-8-29(2)22-31)34-11-7-10-32(45(34)50)24-40-43-37(62-65(40)4)13-12-33-27-56-48(60-46(33)43)58-42(52)17-21-55-26-30-14-18-54-19-15-30/h6-11,14-15,18-22,27-28,35H,5,12-13,16-17,23-26H2,1-4H3,(H2,51,57,59,61)(H2,52,56,58,60). The number of pyridine rings is 1. The molecule has 7 aromatic rings. The van der Waals surface area contributed by atoms with E-state index in [4.69, 9.17) is 48.2 Å². The van der Waals surface area contributed by atoms with Crippen molar-refractivity contribution >= 4 is 47.6 Å². The minimum Gasteiger partial charge on any atom is -0.387 e. The summed E-state index contributed by atoms with van der Waals surface area (Å²) in [6.07, 6.45) is 14.9. The SMILES string of the molecule is CCN=CCC(N)=Nc1ncc2c(n1)-c1c(nn(C)c1Cc1cccc(C)c1)CC2c1cccc(Cc2c3c(nn2C)CCc2cnc(N=C(N)CC=NCc4ccncc4)nc2-3)c1Cl. The van der Waals surface area contributed by atoms with Crippen molar-refractivity contribution in [2.24, 2.45) is 45.5 Å². The van der Waals surface area contributed by atoms with E-state index in [0.29, 0.717) is 67.8 Å². The summed E-state index contributed by atoms with van der Waals surface area (Å²) in [5.74, 6) is 1.15. The lowest BCUT2D eigenvalue weighted by Crippen LogP contribution is -2.16. The lowest BCUT2D eigenvalue weighted by atomic mass is 9.79. The Morgan fingerprint density at radius 1 is 0.769 bits per heavy atom. The number of hydrogen-bond acceptors (Lipinski definition) is 11. The maximum atomic E-state index is 7.56. The molecule has 0 saturated carbocycles. The maximum absolute atomic E-state index is 7.56. The molecular formula is C49H50ClN15. The van der Waals surface area contributed by atoms with E-state index in [-0.39, 0.29) is 11.9 Å². The van der Waals surface area contributed by atoms with Gasteiger partial charge in [-0.25, -0.2) is 19.9 Å². The van der Waals surface area contributed by atoms with Gasteiger partial charge in [-0.1, -0.05) is 59.6 Å². The summed E-state index contributed by atoms with van der Waals surface area (Å²) in [4.78, 5) is 41.4. The van der Waals surface area contributed by atoms with Crippen LogP contribution >= 0.6 is 11.6 Å². The van der Waals surface area contributed by atoms with Crippen molar-refractivity contribution in [3.05, 3.63) is 146 Å². The van der Waals surface area contributed by atoms with Crippen LogP contribution in [0.3, 0.4) is 0 Å². The van der Waals surface area contributed by atoms with Gasteiger partial charge in [0.25, 0.3) is 11.9 Å². The number of fused-ring (bicyclic) bond motifs is 6. The van der Waals surface area contributed by atoms with Crippen molar-refractivity contribution in [2.45, 2.75) is 71.3 Å². The van der Waals surface area contributed by atoms with Crippen molar-refractivity contribution in [1.29, 1.82) is 0 Å². The molecule has 4 N–H and O–H groups in total. The molecule has 0 radical (unpaired) electrons. The van der Waals surface area contributed by atoms with E-state index in [2.05, 4.69) is 79.3 Å². The summed E-state index contributed by atoms with van der Waals surface area (Å²) in [7, 11) is 3.98. The third-order valence-electron chi connectivity index (χ3n) is 11.9. The molecule has 0 bridgehead atoms. The van der Waals surface area contributed by atoms with Crippen molar-refractivity contribution in [1.82, 2.24) is 44.5 Å². The molecule has 5 aromatic heterocycles. The van der Waals surface area contributed by atoms with Crippen LogP contribution in [0.25, 0.3) is 22.5 Å². The molecule has 9 rings (SSSR count). The molecule has 2 aliphatic rings. The molecule has 0 amide bonds. The Bertz CT molecular complexity index is 3020. The molecular weight excluding hydrogens is 834 g/mol. The van der Waals surface area contributed by atoms with E-state index in [9.17, 15) is 0 Å². The lowest BCUT2D eigenvalue weighted by Gasteiger charge is -2.26. The fourth-order valence-electron chi connectivity index (χ4n) is 8.74. The van der Waals surface area contributed by atoms with Crippen LogP contribution in [0.5, 0.6) is 0 Å². The zero-order chi connectivity index (χ0) is 45.0. The molecule has 16 heteroatoms. The number of aliphatic imine (C=N–C) groups is 4. The largest absolute Gasteiger partial charge is 0.387 e. The average Bonchev–Trinajstić information content (AvgIpc) is 3.79. The zero-order valence-corrected chi connectivity index (χ0v) is 37.7. The van der Waals surface area contributed by atoms with Crippen LogP contribution in [0, 0.1) is 6.92 Å². The minimum atomic E-state index is -0.181. The average molecular weight is 884 g/mol. The summed E-state index contributed by atoms with van der Waals surface area (Å²) in [5.41, 5.74) is 27.6. The van der Waals surface area contributed by atoms with Gasteiger partial charge >= 0.3 is 0 Å². The third kappa shape index (κ3) is 9.23. The Balaban J connectivity index is 1.04. The number of aryl methyl sites for hydroxylation is 5. The van der Waals surface area contributed by atoms with E-state index in [0.717, 1.165) is 85.9 Å². The topological polar surface area (TPSA) is 202 Å². The molecule has 5 heterocycles. The molecule has 0 fully saturated rings. The fourth-order valence-corrected chi connectivity index (χ4v) is 9.06. The molecule has 65 heavy (non-hydrogen) atoms. The van der Waals surface area contributed by atoms with Gasteiger partial charge in [-0.15, -0.1) is 0 Å². The summed E-state index contributed by atoms with van der Waals surface area (Å²) in [5, 5.41) is 10.8. The Labute approximate surface area is 382 Å². The van der Waals surface area contributed by atoms with Gasteiger partial charge in [0.05, 0.1) is 40.7 Å². The minimum absolute atomic E-state index is 0.181. The first-order valence-corrected chi connectivity index (χ1v) is 22.2. The van der Waals surface area contributed by atoms with Crippen LogP contribution in [0.4, 0.5) is 11.9 Å². The number of nitrogens with two attached hydrogens (primary N) is 2. The molecule has 15 nitrogen and oxygen atoms in total. The summed E-state index contributed by atoms with van der Waals surface area (Å²) in [6, 6.07) is 18.7. The van der Waals surface area contributed by atoms with E-state index in [1.165, 1.54) is 11.1 Å². The van der Waals surface area contributed by atoms with E-state index >= 15 is 0 Å². The normalized spacial score (nSPS) is 14.8. The number of benzene rings is 2. The van der Waals surface area contributed by atoms with Gasteiger partial charge in [0.15, 0.2) is 0 Å². The van der Waals surface area contributed by atoms with Crippen LogP contribution in [-0.4, -0.2) is 75.1 Å². The second kappa shape index (κ2) is 18.8. The Morgan fingerprint density at radius 3 is 2.20 bits per heavy atom. The van der Waals surface area contributed by atoms with E-state index < -0.39 is 0 Å². The predicted octanol–water partition coefficient (Wildman–Crippen LogP) is 7.51. The summed E-state index contributed by atoms with van der Waals surface area (Å²) >= 11 is 7.56. The second-order valence-electron chi connectivity index (χ2n) is 16.4. The smallest absolute Gasteiger partial charge is 0.251 e. The highest BCUT2D eigenvalue weighted by Gasteiger charge is 2.35. The molecule has 0 aliphatic heterocycles. The molecule has 2 aromatic carbocycles. The van der Waals surface area contributed by atoms with Crippen LogP contribution in [0.15, 0.2) is 99.4 Å². The highest BCUT2D eigenvalue weighted by molar-refractivity contribution is 6.32. The molecule has 1 unspecified atom stereocenters. The third-order valence-corrected chi connectivity index (χ3v) is 12.3. The quantitative estimate of drug-likeness (QED) is 0.0819. The van der Waals surface area contributed by atoms with Crippen molar-refractivity contribution in [3.63, 3.8) is 0 Å². The van der Waals surface area contributed by atoms with Crippen LogP contribution in [0.2, 0.25) is 5.02 Å². The van der Waals surface area contributed by atoms with Gasteiger partial charge in [-0.2, -0.15) is 20.2 Å². The zero-order valence-electron chi connectivity index (χ0n) is 36.9. The Hall–Kier alpha value is -7.26. The first kappa shape index (κ1) is 43.0. The van der Waals surface area contributed by atoms with Crippen molar-refractivity contribution < 1.29 is 0 Å². The summed E-state index contributed by atoms with van der Waals surface area (Å²) < 4.78 is 3.93. The van der Waals surface area contributed by atoms with Gasteiger partial charge in [0.2, 0.25) is 0 Å².